The lowest BCUT2D eigenvalue weighted by Crippen LogP contribution is -2.06. The third-order valence-electron chi connectivity index (χ3n) is 3.13. The van der Waals surface area contributed by atoms with Gasteiger partial charge in [-0.3, -0.25) is 0 Å². The Morgan fingerprint density at radius 3 is 2.06 bits per heavy atom. The molecule has 0 aliphatic heterocycles. The Bertz CT molecular complexity index is 343. The molecule has 0 saturated carbocycles. The Hall–Kier alpha value is -0.300. The first-order valence-electron chi connectivity index (χ1n) is 7.01. The minimum Gasteiger partial charge on any atom is -0.0839 e. The molecule has 0 bridgehead atoms. The van der Waals surface area contributed by atoms with Crippen molar-refractivity contribution in [2.24, 2.45) is 11.3 Å². The second kappa shape index (κ2) is 6.75. The van der Waals surface area contributed by atoms with E-state index < -0.39 is 0 Å². The number of halogens is 1. The molecule has 0 heterocycles. The molecule has 0 N–H and O–H groups in total. The van der Waals surface area contributed by atoms with Gasteiger partial charge in [-0.25, -0.2) is 0 Å². The lowest BCUT2D eigenvalue weighted by atomic mass is 9.89. The van der Waals surface area contributed by atoms with Gasteiger partial charge in [-0.1, -0.05) is 74.8 Å². The SMILES string of the molecule is CC(C)Cc1ccc(C(Br)CCC(C)(C)C)cc1. The molecule has 1 aromatic rings. The number of rotatable bonds is 5. The van der Waals surface area contributed by atoms with Crippen molar-refractivity contribution in [2.45, 2.75) is 58.7 Å². The molecule has 0 aliphatic rings. The van der Waals surface area contributed by atoms with Crippen LogP contribution in [0.3, 0.4) is 0 Å². The van der Waals surface area contributed by atoms with Gasteiger partial charge in [-0.05, 0) is 41.7 Å². The zero-order valence-electron chi connectivity index (χ0n) is 12.5. The zero-order valence-corrected chi connectivity index (χ0v) is 14.0. The largest absolute Gasteiger partial charge is 0.0839 e. The van der Waals surface area contributed by atoms with E-state index in [2.05, 4.69) is 74.8 Å². The highest BCUT2D eigenvalue weighted by Crippen LogP contribution is 2.33. The fraction of sp³-hybridized carbons (Fsp3) is 0.647. The van der Waals surface area contributed by atoms with Crippen LogP contribution in [0, 0.1) is 11.3 Å². The van der Waals surface area contributed by atoms with Gasteiger partial charge >= 0.3 is 0 Å². The van der Waals surface area contributed by atoms with E-state index in [9.17, 15) is 0 Å². The van der Waals surface area contributed by atoms with Crippen LogP contribution in [-0.4, -0.2) is 0 Å². The van der Waals surface area contributed by atoms with Crippen LogP contribution in [0.25, 0.3) is 0 Å². The normalized spacial score (nSPS) is 13.9. The van der Waals surface area contributed by atoms with Gasteiger partial charge in [-0.2, -0.15) is 0 Å². The van der Waals surface area contributed by atoms with E-state index in [0.29, 0.717) is 10.2 Å². The van der Waals surface area contributed by atoms with Crippen LogP contribution in [0.5, 0.6) is 0 Å². The standard InChI is InChI=1S/C17H27Br/c1-13(2)12-14-6-8-15(9-7-14)16(18)10-11-17(3,4)5/h6-9,13,16H,10-12H2,1-5H3. The van der Waals surface area contributed by atoms with E-state index in [0.717, 1.165) is 5.92 Å². The number of alkyl halides is 1. The van der Waals surface area contributed by atoms with Crippen molar-refractivity contribution in [2.75, 3.05) is 0 Å². The van der Waals surface area contributed by atoms with Gasteiger partial charge in [0.1, 0.15) is 0 Å². The van der Waals surface area contributed by atoms with E-state index >= 15 is 0 Å². The molecule has 0 aliphatic carbocycles. The molecule has 18 heavy (non-hydrogen) atoms. The van der Waals surface area contributed by atoms with Gasteiger partial charge in [0.2, 0.25) is 0 Å². The van der Waals surface area contributed by atoms with Gasteiger partial charge in [0.15, 0.2) is 0 Å². The average molecular weight is 311 g/mol. The molecule has 0 nitrogen and oxygen atoms in total. The summed E-state index contributed by atoms with van der Waals surface area (Å²) >= 11 is 3.81. The lowest BCUT2D eigenvalue weighted by Gasteiger charge is -2.20. The third kappa shape index (κ3) is 6.04. The van der Waals surface area contributed by atoms with Crippen LogP contribution in [0.1, 0.15) is 63.4 Å². The minimum atomic E-state index is 0.420. The minimum absolute atomic E-state index is 0.420. The lowest BCUT2D eigenvalue weighted by molar-refractivity contribution is 0.365. The summed E-state index contributed by atoms with van der Waals surface area (Å²) < 4.78 is 0. The molecule has 1 aromatic carbocycles. The molecule has 0 radical (unpaired) electrons. The highest BCUT2D eigenvalue weighted by atomic mass is 79.9. The quantitative estimate of drug-likeness (QED) is 0.572. The van der Waals surface area contributed by atoms with Gasteiger partial charge in [-0.15, -0.1) is 0 Å². The maximum Gasteiger partial charge on any atom is 0.0395 e. The van der Waals surface area contributed by atoms with Crippen LogP contribution in [-0.2, 0) is 6.42 Å². The third-order valence-corrected chi connectivity index (χ3v) is 4.12. The Morgan fingerprint density at radius 1 is 1.06 bits per heavy atom. The number of hydrogen-bond donors (Lipinski definition) is 0. The van der Waals surface area contributed by atoms with Crippen molar-refractivity contribution >= 4 is 15.9 Å². The van der Waals surface area contributed by atoms with Crippen LogP contribution in [0.4, 0.5) is 0 Å². The van der Waals surface area contributed by atoms with Crippen molar-refractivity contribution < 1.29 is 0 Å². The molecule has 0 saturated heterocycles. The van der Waals surface area contributed by atoms with Crippen molar-refractivity contribution in [3.05, 3.63) is 35.4 Å². The average Bonchev–Trinajstić information content (AvgIpc) is 2.25. The fourth-order valence-corrected chi connectivity index (χ4v) is 2.59. The molecular weight excluding hydrogens is 284 g/mol. The van der Waals surface area contributed by atoms with Crippen LogP contribution >= 0.6 is 15.9 Å². The molecule has 102 valence electrons. The Kier molecular flexibility index (Phi) is 5.91. The summed E-state index contributed by atoms with van der Waals surface area (Å²) in [6, 6.07) is 9.11. The monoisotopic (exact) mass is 310 g/mol. The molecule has 0 amide bonds. The van der Waals surface area contributed by atoms with Crippen LogP contribution in [0.2, 0.25) is 0 Å². The van der Waals surface area contributed by atoms with Crippen molar-refractivity contribution in [1.82, 2.24) is 0 Å². The van der Waals surface area contributed by atoms with Gasteiger partial charge in [0.05, 0.1) is 0 Å². The number of benzene rings is 1. The molecule has 0 spiro atoms. The van der Waals surface area contributed by atoms with Crippen LogP contribution < -0.4 is 0 Å². The topological polar surface area (TPSA) is 0 Å². The Labute approximate surface area is 121 Å². The van der Waals surface area contributed by atoms with Gasteiger partial charge < -0.3 is 0 Å². The molecule has 1 rings (SSSR count). The van der Waals surface area contributed by atoms with Crippen molar-refractivity contribution in [1.29, 1.82) is 0 Å². The highest BCUT2D eigenvalue weighted by molar-refractivity contribution is 9.09. The van der Waals surface area contributed by atoms with Crippen molar-refractivity contribution in [3.63, 3.8) is 0 Å². The predicted molar refractivity (Wildman–Crippen MR) is 85.3 cm³/mol. The second-order valence-corrected chi connectivity index (χ2v) is 8.01. The summed E-state index contributed by atoms with van der Waals surface area (Å²) in [4.78, 5) is 0.491. The maximum absolute atomic E-state index is 3.81. The summed E-state index contributed by atoms with van der Waals surface area (Å²) in [5, 5.41) is 0. The predicted octanol–water partition coefficient (Wildman–Crippen LogP) is 6.15. The number of hydrogen-bond acceptors (Lipinski definition) is 0. The second-order valence-electron chi connectivity index (χ2n) is 6.91. The van der Waals surface area contributed by atoms with Gasteiger partial charge in [0.25, 0.3) is 0 Å². The summed E-state index contributed by atoms with van der Waals surface area (Å²) in [6.07, 6.45) is 3.62. The summed E-state index contributed by atoms with van der Waals surface area (Å²) in [7, 11) is 0. The smallest absolute Gasteiger partial charge is 0.0395 e. The molecule has 1 heteroatoms. The van der Waals surface area contributed by atoms with Crippen molar-refractivity contribution in [3.8, 4) is 0 Å². The highest BCUT2D eigenvalue weighted by Gasteiger charge is 2.14. The first kappa shape index (κ1) is 15.8. The first-order chi connectivity index (χ1) is 8.28. The van der Waals surface area contributed by atoms with E-state index in [1.807, 2.05) is 0 Å². The van der Waals surface area contributed by atoms with E-state index in [1.54, 1.807) is 0 Å². The first-order valence-corrected chi connectivity index (χ1v) is 7.92. The summed E-state index contributed by atoms with van der Waals surface area (Å²) in [6.45, 7) is 11.4. The molecule has 0 fully saturated rings. The molecule has 1 unspecified atom stereocenters. The van der Waals surface area contributed by atoms with E-state index in [-0.39, 0.29) is 0 Å². The van der Waals surface area contributed by atoms with E-state index in [1.165, 1.54) is 30.4 Å². The molecule has 1 atom stereocenters. The summed E-state index contributed by atoms with van der Waals surface area (Å²) in [5.74, 6) is 0.733. The maximum atomic E-state index is 3.81. The Balaban J connectivity index is 2.56. The summed E-state index contributed by atoms with van der Waals surface area (Å²) in [5.41, 5.74) is 3.28. The van der Waals surface area contributed by atoms with Crippen LogP contribution in [0.15, 0.2) is 24.3 Å². The zero-order chi connectivity index (χ0) is 13.8. The molecular formula is C17H27Br. The Morgan fingerprint density at radius 2 is 1.61 bits per heavy atom. The fourth-order valence-electron chi connectivity index (χ4n) is 2.06. The van der Waals surface area contributed by atoms with E-state index in [4.69, 9.17) is 0 Å². The van der Waals surface area contributed by atoms with Gasteiger partial charge in [0, 0.05) is 4.83 Å². The molecule has 0 aromatic heterocycles.